The summed E-state index contributed by atoms with van der Waals surface area (Å²) in [5, 5.41) is 2.70. The minimum atomic E-state index is -0.224. The number of carbonyl (C=O) groups excluding carboxylic acids is 2. The molecule has 5 nitrogen and oxygen atoms in total. The van der Waals surface area contributed by atoms with Crippen LogP contribution in [0.5, 0.6) is 11.5 Å². The molecular formula is C13H17NO4. The molecule has 0 aromatic heterocycles. The van der Waals surface area contributed by atoms with Gasteiger partial charge in [0, 0.05) is 6.04 Å². The van der Waals surface area contributed by atoms with E-state index in [0.29, 0.717) is 23.3 Å². The second-order valence-corrected chi connectivity index (χ2v) is 4.03. The molecule has 0 saturated heterocycles. The molecular weight excluding hydrogens is 234 g/mol. The Hall–Kier alpha value is -2.04. The zero-order valence-corrected chi connectivity index (χ0v) is 10.7. The van der Waals surface area contributed by atoms with E-state index in [4.69, 9.17) is 9.47 Å². The molecule has 0 fully saturated rings. The van der Waals surface area contributed by atoms with Crippen LogP contribution in [0.1, 0.15) is 24.2 Å². The first-order valence-corrected chi connectivity index (χ1v) is 5.62. The summed E-state index contributed by atoms with van der Waals surface area (Å²) in [6.07, 6.45) is 0.665. The van der Waals surface area contributed by atoms with E-state index in [1.54, 1.807) is 18.2 Å². The normalized spacial score (nSPS) is 10.0. The van der Waals surface area contributed by atoms with E-state index in [-0.39, 0.29) is 18.6 Å². The Morgan fingerprint density at radius 2 is 2.17 bits per heavy atom. The fourth-order valence-electron chi connectivity index (χ4n) is 1.38. The van der Waals surface area contributed by atoms with Crippen molar-refractivity contribution >= 4 is 12.2 Å². The van der Waals surface area contributed by atoms with Crippen LogP contribution in [0.25, 0.3) is 0 Å². The molecule has 0 unspecified atom stereocenters. The number of aldehydes is 1. The second kappa shape index (κ2) is 6.64. The molecule has 1 aromatic rings. The van der Waals surface area contributed by atoms with E-state index in [9.17, 15) is 9.59 Å². The van der Waals surface area contributed by atoms with Gasteiger partial charge in [-0.05, 0) is 32.0 Å². The first kappa shape index (κ1) is 14.0. The van der Waals surface area contributed by atoms with Crippen molar-refractivity contribution in [1.82, 2.24) is 5.32 Å². The van der Waals surface area contributed by atoms with Crippen molar-refractivity contribution in [2.45, 2.75) is 19.9 Å². The van der Waals surface area contributed by atoms with Gasteiger partial charge in [0.1, 0.15) is 11.5 Å². The third-order valence-electron chi connectivity index (χ3n) is 2.15. The highest BCUT2D eigenvalue weighted by molar-refractivity contribution is 5.81. The molecule has 0 spiro atoms. The van der Waals surface area contributed by atoms with Gasteiger partial charge < -0.3 is 14.8 Å². The van der Waals surface area contributed by atoms with Crippen LogP contribution in [0.15, 0.2) is 18.2 Å². The molecule has 5 heteroatoms. The number of carbonyl (C=O) groups is 2. The smallest absolute Gasteiger partial charge is 0.258 e. The van der Waals surface area contributed by atoms with Crippen LogP contribution in [0, 0.1) is 0 Å². The van der Waals surface area contributed by atoms with Crippen LogP contribution >= 0.6 is 0 Å². The molecule has 1 aromatic carbocycles. The Morgan fingerprint density at radius 1 is 1.44 bits per heavy atom. The summed E-state index contributed by atoms with van der Waals surface area (Å²) in [4.78, 5) is 22.3. The van der Waals surface area contributed by atoms with E-state index >= 15 is 0 Å². The lowest BCUT2D eigenvalue weighted by Crippen LogP contribution is -2.34. The first-order chi connectivity index (χ1) is 8.56. The average molecular weight is 251 g/mol. The van der Waals surface area contributed by atoms with Gasteiger partial charge in [0.05, 0.1) is 12.7 Å². The maximum Gasteiger partial charge on any atom is 0.258 e. The van der Waals surface area contributed by atoms with Gasteiger partial charge in [0.2, 0.25) is 0 Å². The number of hydrogen-bond donors (Lipinski definition) is 1. The van der Waals surface area contributed by atoms with Crippen LogP contribution in [0.2, 0.25) is 0 Å². The van der Waals surface area contributed by atoms with E-state index in [2.05, 4.69) is 5.32 Å². The summed E-state index contributed by atoms with van der Waals surface area (Å²) in [6.45, 7) is 3.61. The summed E-state index contributed by atoms with van der Waals surface area (Å²) in [5.41, 5.74) is 0.353. The zero-order valence-electron chi connectivity index (χ0n) is 10.7. The van der Waals surface area contributed by atoms with E-state index < -0.39 is 0 Å². The fourth-order valence-corrected chi connectivity index (χ4v) is 1.38. The van der Waals surface area contributed by atoms with Crippen molar-refractivity contribution in [2.24, 2.45) is 0 Å². The van der Waals surface area contributed by atoms with Crippen LogP contribution in [0.4, 0.5) is 0 Å². The zero-order chi connectivity index (χ0) is 13.5. The van der Waals surface area contributed by atoms with Crippen LogP contribution < -0.4 is 14.8 Å². The number of amides is 1. The number of ether oxygens (including phenoxy) is 2. The lowest BCUT2D eigenvalue weighted by molar-refractivity contribution is -0.123. The molecule has 1 N–H and O–H groups in total. The monoisotopic (exact) mass is 251 g/mol. The molecule has 1 amide bonds. The number of hydrogen-bond acceptors (Lipinski definition) is 4. The Bertz CT molecular complexity index is 429. The maximum atomic E-state index is 11.4. The maximum absolute atomic E-state index is 11.4. The SMILES string of the molecule is COc1ccc(OCC(=O)NC(C)C)c(C=O)c1. The Kier molecular flexibility index (Phi) is 5.17. The van der Waals surface area contributed by atoms with Crippen molar-refractivity contribution in [2.75, 3.05) is 13.7 Å². The van der Waals surface area contributed by atoms with Gasteiger partial charge in [-0.15, -0.1) is 0 Å². The Balaban J connectivity index is 2.67. The minimum Gasteiger partial charge on any atom is -0.497 e. The quantitative estimate of drug-likeness (QED) is 0.776. The third-order valence-corrected chi connectivity index (χ3v) is 2.15. The highest BCUT2D eigenvalue weighted by atomic mass is 16.5. The Morgan fingerprint density at radius 3 is 2.72 bits per heavy atom. The molecule has 98 valence electrons. The molecule has 18 heavy (non-hydrogen) atoms. The largest absolute Gasteiger partial charge is 0.497 e. The molecule has 0 atom stereocenters. The topological polar surface area (TPSA) is 64.6 Å². The third kappa shape index (κ3) is 4.08. The van der Waals surface area contributed by atoms with Crippen LogP contribution in [-0.4, -0.2) is 32.0 Å². The lowest BCUT2D eigenvalue weighted by Gasteiger charge is -2.11. The summed E-state index contributed by atoms with van der Waals surface area (Å²) in [7, 11) is 1.51. The molecule has 0 heterocycles. The summed E-state index contributed by atoms with van der Waals surface area (Å²) in [5.74, 6) is 0.707. The van der Waals surface area contributed by atoms with E-state index in [1.165, 1.54) is 7.11 Å². The summed E-state index contributed by atoms with van der Waals surface area (Å²) < 4.78 is 10.3. The van der Waals surface area contributed by atoms with Crippen molar-refractivity contribution in [3.63, 3.8) is 0 Å². The van der Waals surface area contributed by atoms with Gasteiger partial charge in [-0.25, -0.2) is 0 Å². The average Bonchev–Trinajstić information content (AvgIpc) is 2.35. The van der Waals surface area contributed by atoms with Gasteiger partial charge >= 0.3 is 0 Å². The predicted octanol–water partition coefficient (Wildman–Crippen LogP) is 1.41. The van der Waals surface area contributed by atoms with Gasteiger partial charge in [-0.3, -0.25) is 9.59 Å². The second-order valence-electron chi connectivity index (χ2n) is 4.03. The molecule has 0 saturated carbocycles. The lowest BCUT2D eigenvalue weighted by atomic mass is 10.2. The molecule has 0 aliphatic rings. The van der Waals surface area contributed by atoms with Gasteiger partial charge in [-0.2, -0.15) is 0 Å². The highest BCUT2D eigenvalue weighted by Gasteiger charge is 2.08. The number of methoxy groups -OCH3 is 1. The Labute approximate surface area is 106 Å². The minimum absolute atomic E-state index is 0.0579. The standard InChI is InChI=1S/C13H17NO4/c1-9(2)14-13(16)8-18-12-5-4-11(17-3)6-10(12)7-15/h4-7,9H,8H2,1-3H3,(H,14,16). The summed E-state index contributed by atoms with van der Waals surface area (Å²) in [6, 6.07) is 4.89. The highest BCUT2D eigenvalue weighted by Crippen LogP contribution is 2.22. The molecule has 0 bridgehead atoms. The van der Waals surface area contributed by atoms with E-state index in [0.717, 1.165) is 0 Å². The summed E-state index contributed by atoms with van der Waals surface area (Å²) >= 11 is 0. The molecule has 0 aliphatic carbocycles. The van der Waals surface area contributed by atoms with E-state index in [1.807, 2.05) is 13.8 Å². The molecule has 1 rings (SSSR count). The molecule has 0 aliphatic heterocycles. The number of rotatable bonds is 6. The van der Waals surface area contributed by atoms with Crippen molar-refractivity contribution in [3.8, 4) is 11.5 Å². The van der Waals surface area contributed by atoms with Crippen molar-refractivity contribution in [3.05, 3.63) is 23.8 Å². The number of benzene rings is 1. The van der Waals surface area contributed by atoms with Crippen LogP contribution in [-0.2, 0) is 4.79 Å². The van der Waals surface area contributed by atoms with Crippen molar-refractivity contribution < 1.29 is 19.1 Å². The molecule has 0 radical (unpaired) electrons. The van der Waals surface area contributed by atoms with Gasteiger partial charge in [-0.1, -0.05) is 0 Å². The predicted molar refractivity (Wildman–Crippen MR) is 67.2 cm³/mol. The van der Waals surface area contributed by atoms with Gasteiger partial charge in [0.15, 0.2) is 12.9 Å². The first-order valence-electron chi connectivity index (χ1n) is 5.62. The number of nitrogens with one attached hydrogen (secondary N) is 1. The van der Waals surface area contributed by atoms with Crippen LogP contribution in [0.3, 0.4) is 0 Å². The van der Waals surface area contributed by atoms with Crippen molar-refractivity contribution in [1.29, 1.82) is 0 Å². The fraction of sp³-hybridized carbons (Fsp3) is 0.385. The van der Waals surface area contributed by atoms with Gasteiger partial charge in [0.25, 0.3) is 5.91 Å².